The second-order valence-corrected chi connectivity index (χ2v) is 8.09. The molecule has 1 unspecified atom stereocenters. The van der Waals surface area contributed by atoms with Gasteiger partial charge in [-0.1, -0.05) is 13.0 Å². The topological polar surface area (TPSA) is 75.3 Å². The van der Waals surface area contributed by atoms with E-state index in [2.05, 4.69) is 17.6 Å². The Kier molecular flexibility index (Phi) is 6.40. The number of amides is 1. The van der Waals surface area contributed by atoms with Crippen LogP contribution in [-0.4, -0.2) is 40.2 Å². The molecule has 1 aromatic carbocycles. The predicted molar refractivity (Wildman–Crippen MR) is 89.3 cm³/mol. The third-order valence-corrected chi connectivity index (χ3v) is 5.00. The maximum Gasteiger partial charge on any atom is 0.251 e. The van der Waals surface area contributed by atoms with Crippen LogP contribution in [0.2, 0.25) is 0 Å². The Morgan fingerprint density at radius 2 is 2.14 bits per heavy atom. The van der Waals surface area contributed by atoms with Crippen LogP contribution in [0, 0.1) is 5.41 Å². The van der Waals surface area contributed by atoms with Crippen molar-refractivity contribution in [3.8, 4) is 0 Å². The molecule has 22 heavy (non-hydrogen) atoms. The number of piperidine rings is 1. The molecule has 0 saturated carbocycles. The van der Waals surface area contributed by atoms with Gasteiger partial charge in [-0.2, -0.15) is 0 Å². The Morgan fingerprint density at radius 3 is 2.73 bits per heavy atom. The Bertz CT molecular complexity index is 625. The summed E-state index contributed by atoms with van der Waals surface area (Å²) in [5, 5.41) is 6.25. The molecule has 1 fully saturated rings. The minimum absolute atomic E-state index is 0. The zero-order chi connectivity index (χ0) is 15.5. The van der Waals surface area contributed by atoms with Crippen molar-refractivity contribution in [2.75, 3.05) is 25.9 Å². The zero-order valence-corrected chi connectivity index (χ0v) is 14.5. The van der Waals surface area contributed by atoms with Crippen molar-refractivity contribution < 1.29 is 13.2 Å². The molecule has 2 rings (SSSR count). The zero-order valence-electron chi connectivity index (χ0n) is 12.9. The van der Waals surface area contributed by atoms with E-state index in [0.717, 1.165) is 32.2 Å². The monoisotopic (exact) mass is 346 g/mol. The summed E-state index contributed by atoms with van der Waals surface area (Å²) in [7, 11) is -3.30. The van der Waals surface area contributed by atoms with Gasteiger partial charge in [-0.15, -0.1) is 12.4 Å². The van der Waals surface area contributed by atoms with Crippen molar-refractivity contribution >= 4 is 28.2 Å². The van der Waals surface area contributed by atoms with Gasteiger partial charge in [0.15, 0.2) is 9.84 Å². The highest BCUT2D eigenvalue weighted by molar-refractivity contribution is 7.90. The molecule has 0 bridgehead atoms. The molecule has 2 N–H and O–H groups in total. The van der Waals surface area contributed by atoms with E-state index >= 15 is 0 Å². The number of hydrogen-bond acceptors (Lipinski definition) is 4. The van der Waals surface area contributed by atoms with Crippen LogP contribution in [0.1, 0.15) is 30.1 Å². The summed E-state index contributed by atoms with van der Waals surface area (Å²) < 4.78 is 23.0. The Labute approximate surface area is 138 Å². The van der Waals surface area contributed by atoms with Gasteiger partial charge in [0, 0.05) is 24.9 Å². The van der Waals surface area contributed by atoms with E-state index in [1.54, 1.807) is 12.1 Å². The molecule has 0 radical (unpaired) electrons. The highest BCUT2D eigenvalue weighted by Gasteiger charge is 2.27. The quantitative estimate of drug-likeness (QED) is 0.869. The molecular weight excluding hydrogens is 324 g/mol. The molecule has 1 saturated heterocycles. The van der Waals surface area contributed by atoms with Gasteiger partial charge in [-0.25, -0.2) is 8.42 Å². The van der Waals surface area contributed by atoms with Crippen LogP contribution in [0.3, 0.4) is 0 Å². The standard InChI is InChI=1S/C15H22N2O3S.ClH/c1-15(7-4-8-16-10-15)11-17-14(18)12-5-3-6-13(9-12)21(2,19)20;/h3,5-6,9,16H,4,7-8,10-11H2,1-2H3,(H,17,18);1H. The van der Waals surface area contributed by atoms with Gasteiger partial charge < -0.3 is 10.6 Å². The first-order valence-electron chi connectivity index (χ1n) is 7.09. The molecule has 7 heteroatoms. The normalized spacial score (nSPS) is 21.7. The van der Waals surface area contributed by atoms with Crippen LogP contribution in [-0.2, 0) is 9.84 Å². The van der Waals surface area contributed by atoms with Gasteiger partial charge in [-0.05, 0) is 43.0 Å². The van der Waals surface area contributed by atoms with Gasteiger partial charge in [0.1, 0.15) is 0 Å². The van der Waals surface area contributed by atoms with Gasteiger partial charge >= 0.3 is 0 Å². The maximum absolute atomic E-state index is 12.2. The summed E-state index contributed by atoms with van der Waals surface area (Å²) in [4.78, 5) is 12.3. The molecule has 1 aromatic rings. The van der Waals surface area contributed by atoms with Crippen molar-refractivity contribution in [2.45, 2.75) is 24.7 Å². The molecule has 1 heterocycles. The second-order valence-electron chi connectivity index (χ2n) is 6.07. The number of nitrogens with one attached hydrogen (secondary N) is 2. The van der Waals surface area contributed by atoms with Crippen molar-refractivity contribution in [2.24, 2.45) is 5.41 Å². The van der Waals surface area contributed by atoms with Gasteiger partial charge in [0.2, 0.25) is 0 Å². The third-order valence-electron chi connectivity index (χ3n) is 3.89. The average Bonchev–Trinajstić information content (AvgIpc) is 2.45. The fraction of sp³-hybridized carbons (Fsp3) is 0.533. The largest absolute Gasteiger partial charge is 0.351 e. The minimum atomic E-state index is -3.30. The van der Waals surface area contributed by atoms with E-state index in [0.29, 0.717) is 12.1 Å². The van der Waals surface area contributed by atoms with E-state index in [4.69, 9.17) is 0 Å². The number of carbonyl (C=O) groups excluding carboxylic acids is 1. The van der Waals surface area contributed by atoms with Crippen LogP contribution in [0.25, 0.3) is 0 Å². The van der Waals surface area contributed by atoms with Gasteiger partial charge in [0.05, 0.1) is 4.90 Å². The molecule has 1 atom stereocenters. The Balaban J connectivity index is 0.00000242. The molecule has 0 aliphatic carbocycles. The average molecular weight is 347 g/mol. The maximum atomic E-state index is 12.2. The van der Waals surface area contributed by atoms with Crippen molar-refractivity contribution in [1.82, 2.24) is 10.6 Å². The highest BCUT2D eigenvalue weighted by atomic mass is 35.5. The summed E-state index contributed by atoms with van der Waals surface area (Å²) in [6, 6.07) is 6.14. The highest BCUT2D eigenvalue weighted by Crippen LogP contribution is 2.24. The molecule has 1 aliphatic heterocycles. The fourth-order valence-corrected chi connectivity index (χ4v) is 3.20. The molecule has 0 spiro atoms. The lowest BCUT2D eigenvalue weighted by molar-refractivity contribution is 0.0924. The van der Waals surface area contributed by atoms with Gasteiger partial charge in [-0.3, -0.25) is 4.79 Å². The van der Waals surface area contributed by atoms with Crippen LogP contribution in [0.15, 0.2) is 29.2 Å². The Hall–Kier alpha value is -1.11. The van der Waals surface area contributed by atoms with Crippen LogP contribution in [0.5, 0.6) is 0 Å². The predicted octanol–water partition coefficient (Wildman–Crippen LogP) is 1.63. The van der Waals surface area contributed by atoms with E-state index in [1.807, 2.05) is 0 Å². The number of rotatable bonds is 4. The molecule has 124 valence electrons. The number of carbonyl (C=O) groups is 1. The number of benzene rings is 1. The summed E-state index contributed by atoms with van der Waals surface area (Å²) in [6.45, 7) is 4.64. The minimum Gasteiger partial charge on any atom is -0.351 e. The second kappa shape index (κ2) is 7.44. The lowest BCUT2D eigenvalue weighted by atomic mass is 9.83. The number of hydrogen-bond donors (Lipinski definition) is 2. The molecular formula is C15H23ClN2O3S. The lowest BCUT2D eigenvalue weighted by Crippen LogP contribution is -2.45. The van der Waals surface area contributed by atoms with Crippen molar-refractivity contribution in [3.63, 3.8) is 0 Å². The first kappa shape index (κ1) is 18.9. The van der Waals surface area contributed by atoms with E-state index in [1.165, 1.54) is 12.1 Å². The third kappa shape index (κ3) is 4.97. The van der Waals surface area contributed by atoms with Gasteiger partial charge in [0.25, 0.3) is 5.91 Å². The van der Waals surface area contributed by atoms with E-state index < -0.39 is 9.84 Å². The first-order chi connectivity index (χ1) is 9.80. The number of sulfone groups is 1. The molecule has 1 amide bonds. The molecule has 0 aromatic heterocycles. The summed E-state index contributed by atoms with van der Waals surface area (Å²) in [5.74, 6) is -0.229. The SMILES string of the molecule is CC1(CNC(=O)c2cccc(S(C)(=O)=O)c2)CCCNC1.Cl. The van der Waals surface area contributed by atoms with Crippen LogP contribution < -0.4 is 10.6 Å². The van der Waals surface area contributed by atoms with Crippen LogP contribution in [0.4, 0.5) is 0 Å². The van der Waals surface area contributed by atoms with E-state index in [-0.39, 0.29) is 28.6 Å². The van der Waals surface area contributed by atoms with E-state index in [9.17, 15) is 13.2 Å². The Morgan fingerprint density at radius 1 is 1.41 bits per heavy atom. The lowest BCUT2D eigenvalue weighted by Gasteiger charge is -2.34. The molecule has 5 nitrogen and oxygen atoms in total. The summed E-state index contributed by atoms with van der Waals surface area (Å²) in [6.07, 6.45) is 3.32. The molecule has 1 aliphatic rings. The number of halogens is 1. The van der Waals surface area contributed by atoms with Crippen LogP contribution >= 0.6 is 12.4 Å². The smallest absolute Gasteiger partial charge is 0.251 e. The summed E-state index contributed by atoms with van der Waals surface area (Å²) in [5.41, 5.74) is 0.438. The van der Waals surface area contributed by atoms with Crippen molar-refractivity contribution in [1.29, 1.82) is 0 Å². The fourth-order valence-electron chi connectivity index (χ4n) is 2.53. The summed E-state index contributed by atoms with van der Waals surface area (Å²) >= 11 is 0. The van der Waals surface area contributed by atoms with Crippen molar-refractivity contribution in [3.05, 3.63) is 29.8 Å². The first-order valence-corrected chi connectivity index (χ1v) is 8.98.